The number of halogens is 2. The predicted octanol–water partition coefficient (Wildman–Crippen LogP) is 4.21. The Hall–Kier alpha value is -4.43. The minimum Gasteiger partial charge on any atom is -0.336 e. The van der Waals surface area contributed by atoms with E-state index in [1.165, 1.54) is 24.3 Å². The molecule has 2 aliphatic rings. The molecule has 184 valence electrons. The number of benzene rings is 2. The number of piperidine rings is 1. The van der Waals surface area contributed by atoms with Crippen molar-refractivity contribution >= 4 is 22.6 Å². The largest absolute Gasteiger partial charge is 0.336 e. The second-order valence-corrected chi connectivity index (χ2v) is 9.67. The Morgan fingerprint density at radius 1 is 1.03 bits per heavy atom. The molecule has 0 aliphatic carbocycles. The van der Waals surface area contributed by atoms with Gasteiger partial charge in [-0.15, -0.1) is 0 Å². The monoisotopic (exact) mass is 498 g/mol. The van der Waals surface area contributed by atoms with Crippen molar-refractivity contribution in [2.45, 2.75) is 43.8 Å². The molecule has 0 radical (unpaired) electrons. The van der Waals surface area contributed by atoms with Gasteiger partial charge in [0.05, 0.1) is 16.8 Å². The van der Waals surface area contributed by atoms with Gasteiger partial charge in [0.25, 0.3) is 0 Å². The summed E-state index contributed by atoms with van der Waals surface area (Å²) >= 11 is 0. The first-order valence-corrected chi connectivity index (χ1v) is 12.0. The lowest BCUT2D eigenvalue weighted by Gasteiger charge is -2.39. The maximum Gasteiger partial charge on any atom is 0.212 e. The first-order valence-electron chi connectivity index (χ1n) is 12.0. The van der Waals surface area contributed by atoms with Crippen molar-refractivity contribution in [3.05, 3.63) is 59.9 Å². The number of nitrogens with two attached hydrogens (primary N) is 1. The topological polar surface area (TPSA) is 122 Å². The highest BCUT2D eigenvalue weighted by Gasteiger charge is 2.42. The van der Waals surface area contributed by atoms with Gasteiger partial charge in [-0.2, -0.15) is 5.26 Å². The Bertz CT molecular complexity index is 1720. The van der Waals surface area contributed by atoms with E-state index in [2.05, 4.69) is 20.2 Å². The number of hydrogen-bond acceptors (Lipinski definition) is 8. The van der Waals surface area contributed by atoms with Crippen molar-refractivity contribution in [2.24, 2.45) is 5.73 Å². The fourth-order valence-corrected chi connectivity index (χ4v) is 5.90. The Morgan fingerprint density at radius 2 is 1.78 bits per heavy atom. The summed E-state index contributed by atoms with van der Waals surface area (Å²) in [6.45, 7) is 0. The van der Waals surface area contributed by atoms with E-state index in [4.69, 9.17) is 15.3 Å². The molecule has 2 fully saturated rings. The summed E-state index contributed by atoms with van der Waals surface area (Å²) in [7, 11) is 0. The highest BCUT2D eigenvalue weighted by atomic mass is 19.1. The molecule has 5 aromatic rings. The molecular formula is C26H20F2N8O. The highest BCUT2D eigenvalue weighted by Crippen LogP contribution is 2.43. The predicted molar refractivity (Wildman–Crippen MR) is 130 cm³/mol. The number of nitrogens with zero attached hydrogens (tertiary/aromatic N) is 7. The number of nitriles is 1. The molecule has 2 saturated heterocycles. The average molecular weight is 498 g/mol. The van der Waals surface area contributed by atoms with E-state index in [-0.39, 0.29) is 34.8 Å². The van der Waals surface area contributed by atoms with Gasteiger partial charge in [-0.1, -0.05) is 6.07 Å². The number of hydrogen-bond donors (Lipinski definition) is 1. The van der Waals surface area contributed by atoms with Crippen LogP contribution in [0.1, 0.15) is 31.2 Å². The van der Waals surface area contributed by atoms with Crippen LogP contribution in [-0.4, -0.2) is 42.8 Å². The third kappa shape index (κ3) is 3.29. The smallest absolute Gasteiger partial charge is 0.212 e. The van der Waals surface area contributed by atoms with Crippen LogP contribution in [0, 0.1) is 23.0 Å². The van der Waals surface area contributed by atoms with E-state index in [1.54, 1.807) is 18.5 Å². The van der Waals surface area contributed by atoms with Crippen molar-refractivity contribution in [3.8, 4) is 28.5 Å². The molecule has 0 amide bonds. The normalized spacial score (nSPS) is 21.1. The van der Waals surface area contributed by atoms with Gasteiger partial charge in [-0.05, 0) is 54.2 Å². The molecule has 2 bridgehead atoms. The van der Waals surface area contributed by atoms with E-state index >= 15 is 4.39 Å². The molecule has 2 unspecified atom stereocenters. The molecule has 5 heterocycles. The third-order valence-electron chi connectivity index (χ3n) is 7.50. The maximum absolute atomic E-state index is 15.5. The van der Waals surface area contributed by atoms with Crippen molar-refractivity contribution in [2.75, 3.05) is 4.90 Å². The van der Waals surface area contributed by atoms with Crippen LogP contribution in [0.3, 0.4) is 0 Å². The van der Waals surface area contributed by atoms with E-state index in [1.807, 2.05) is 10.5 Å². The third-order valence-corrected chi connectivity index (χ3v) is 7.50. The van der Waals surface area contributed by atoms with Crippen molar-refractivity contribution in [1.29, 1.82) is 5.26 Å². The van der Waals surface area contributed by atoms with Gasteiger partial charge in [0, 0.05) is 47.7 Å². The summed E-state index contributed by atoms with van der Waals surface area (Å²) in [6, 6.07) is 9.45. The fraction of sp³-hybridized carbons (Fsp3) is 0.269. The van der Waals surface area contributed by atoms with Crippen molar-refractivity contribution in [3.63, 3.8) is 0 Å². The van der Waals surface area contributed by atoms with E-state index in [0.717, 1.165) is 25.7 Å². The van der Waals surface area contributed by atoms with Crippen LogP contribution in [0.4, 0.5) is 14.7 Å². The molecule has 2 N–H and O–H groups in total. The first kappa shape index (κ1) is 21.8. The molecular weight excluding hydrogens is 478 g/mol. The molecule has 3 aromatic heterocycles. The minimum atomic E-state index is -0.682. The van der Waals surface area contributed by atoms with Crippen LogP contribution in [0.5, 0.6) is 0 Å². The second-order valence-electron chi connectivity index (χ2n) is 9.67. The SMILES string of the molecule is N#Cc1ccc(-c2nc(N3C4CCC3CC(N)C4)n3ccnc3c2-c2cc3nonc3cc2F)cc1F. The minimum absolute atomic E-state index is 0.0863. The molecule has 2 atom stereocenters. The number of aromatic nitrogens is 5. The molecule has 2 aliphatic heterocycles. The first-order chi connectivity index (χ1) is 18.0. The van der Waals surface area contributed by atoms with Gasteiger partial charge < -0.3 is 10.6 Å². The maximum atomic E-state index is 15.5. The van der Waals surface area contributed by atoms with Gasteiger partial charge in [-0.3, -0.25) is 4.40 Å². The van der Waals surface area contributed by atoms with Crippen LogP contribution in [-0.2, 0) is 0 Å². The van der Waals surface area contributed by atoms with Crippen LogP contribution in [0.25, 0.3) is 39.1 Å². The van der Waals surface area contributed by atoms with E-state index in [9.17, 15) is 9.65 Å². The summed E-state index contributed by atoms with van der Waals surface area (Å²) in [4.78, 5) is 11.9. The molecule has 11 heteroatoms. The van der Waals surface area contributed by atoms with Gasteiger partial charge in [-0.25, -0.2) is 23.4 Å². The van der Waals surface area contributed by atoms with Gasteiger partial charge in [0.2, 0.25) is 5.95 Å². The fourth-order valence-electron chi connectivity index (χ4n) is 5.90. The number of imidazole rings is 1. The summed E-state index contributed by atoms with van der Waals surface area (Å²) in [5, 5.41) is 16.8. The molecule has 9 nitrogen and oxygen atoms in total. The van der Waals surface area contributed by atoms with Crippen LogP contribution >= 0.6 is 0 Å². The number of anilines is 1. The van der Waals surface area contributed by atoms with Crippen LogP contribution < -0.4 is 10.6 Å². The van der Waals surface area contributed by atoms with Gasteiger partial charge in [0.1, 0.15) is 34.4 Å². The summed E-state index contributed by atoms with van der Waals surface area (Å²) in [5.41, 5.74) is 8.64. The zero-order chi connectivity index (χ0) is 25.3. The summed E-state index contributed by atoms with van der Waals surface area (Å²) in [6.07, 6.45) is 7.14. The highest BCUT2D eigenvalue weighted by molar-refractivity contribution is 5.94. The lowest BCUT2D eigenvalue weighted by atomic mass is 9.97. The lowest BCUT2D eigenvalue weighted by Crippen LogP contribution is -2.48. The zero-order valence-corrected chi connectivity index (χ0v) is 19.5. The zero-order valence-electron chi connectivity index (χ0n) is 19.5. The Labute approximate surface area is 209 Å². The van der Waals surface area contributed by atoms with Gasteiger partial charge in [0.15, 0.2) is 0 Å². The Morgan fingerprint density at radius 3 is 2.51 bits per heavy atom. The molecule has 2 aromatic carbocycles. The standard InChI is InChI=1S/C26H20F2N8O/c27-19-7-13(1-2-14(19)12-29)24-23(18-10-21-22(11-20(18)28)34-37-33-21)25-31-5-6-35(25)26(32-24)36-16-3-4-17(36)9-15(30)8-16/h1-2,5-7,10-11,15-17H,3-4,8-9,30H2. The number of fused-ring (bicyclic) bond motifs is 4. The summed E-state index contributed by atoms with van der Waals surface area (Å²) < 4.78 is 37.0. The molecule has 7 rings (SSSR count). The van der Waals surface area contributed by atoms with Gasteiger partial charge >= 0.3 is 0 Å². The van der Waals surface area contributed by atoms with Crippen molar-refractivity contribution < 1.29 is 13.4 Å². The lowest BCUT2D eigenvalue weighted by molar-refractivity contribution is 0.315. The molecule has 0 spiro atoms. The quantitative estimate of drug-likeness (QED) is 0.393. The van der Waals surface area contributed by atoms with Crippen LogP contribution in [0.15, 0.2) is 47.4 Å². The van der Waals surface area contributed by atoms with E-state index < -0.39 is 11.6 Å². The molecule has 37 heavy (non-hydrogen) atoms. The second kappa shape index (κ2) is 8.04. The Kier molecular flexibility index (Phi) is 4.74. The Balaban J connectivity index is 1.53. The summed E-state index contributed by atoms with van der Waals surface area (Å²) in [5.74, 6) is -0.597. The molecule has 0 saturated carbocycles. The van der Waals surface area contributed by atoms with Crippen LogP contribution in [0.2, 0.25) is 0 Å². The van der Waals surface area contributed by atoms with Crippen molar-refractivity contribution in [1.82, 2.24) is 24.7 Å². The van der Waals surface area contributed by atoms with E-state index in [0.29, 0.717) is 33.9 Å². The average Bonchev–Trinajstić information content (AvgIpc) is 3.61. The number of rotatable bonds is 3.